The lowest BCUT2D eigenvalue weighted by Crippen LogP contribution is -2.33. The lowest BCUT2D eigenvalue weighted by atomic mass is 9.98. The van der Waals surface area contributed by atoms with E-state index in [2.05, 4.69) is 6.92 Å². The summed E-state index contributed by atoms with van der Waals surface area (Å²) in [6.07, 6.45) is 5.60. The Kier molecular flexibility index (Phi) is 5.00. The number of pyridine rings is 1. The number of hydrogen-bond donors (Lipinski definition) is 1. The Balaban J connectivity index is 2.03. The van der Waals surface area contributed by atoms with E-state index in [4.69, 9.17) is 0 Å². The molecule has 4 rings (SSSR count). The maximum absolute atomic E-state index is 15.0. The maximum atomic E-state index is 15.0. The molecule has 31 heavy (non-hydrogen) atoms. The van der Waals surface area contributed by atoms with Gasteiger partial charge in [0.1, 0.15) is 17.1 Å². The van der Waals surface area contributed by atoms with Crippen molar-refractivity contribution in [2.75, 3.05) is 18.0 Å². The topological polar surface area (TPSA) is 111 Å². The third kappa shape index (κ3) is 3.54. The van der Waals surface area contributed by atoms with E-state index in [9.17, 15) is 24.8 Å². The van der Waals surface area contributed by atoms with E-state index in [-0.39, 0.29) is 28.0 Å². The van der Waals surface area contributed by atoms with Gasteiger partial charge in [-0.1, -0.05) is 6.92 Å². The number of aromatic nitrogens is 2. The quantitative estimate of drug-likeness (QED) is 0.504. The van der Waals surface area contributed by atoms with E-state index in [1.54, 1.807) is 7.05 Å². The highest BCUT2D eigenvalue weighted by molar-refractivity contribution is 5.94. The number of aryl methyl sites for hydroxylation is 1. The largest absolute Gasteiger partial charge is 0.477 e. The predicted octanol–water partition coefficient (Wildman–Crippen LogP) is 3.31. The number of piperidine rings is 1. The van der Waals surface area contributed by atoms with E-state index >= 15 is 4.39 Å². The van der Waals surface area contributed by atoms with Crippen LogP contribution in [0, 0.1) is 21.8 Å². The van der Waals surface area contributed by atoms with Crippen molar-refractivity contribution < 1.29 is 19.2 Å². The number of carboxylic acids is 1. The minimum Gasteiger partial charge on any atom is -0.477 e. The molecule has 3 aromatic rings. The summed E-state index contributed by atoms with van der Waals surface area (Å²) < 4.78 is 17.8. The lowest BCUT2D eigenvalue weighted by molar-refractivity contribution is -0.384. The number of rotatable bonds is 4. The maximum Gasteiger partial charge on any atom is 0.341 e. The number of halogens is 1. The summed E-state index contributed by atoms with van der Waals surface area (Å²) in [5.74, 6) is -1.59. The highest BCUT2D eigenvalue weighted by Gasteiger charge is 2.25. The highest BCUT2D eigenvalue weighted by atomic mass is 19.1. The molecule has 0 unspecified atom stereocenters. The van der Waals surface area contributed by atoms with Crippen LogP contribution in [0.15, 0.2) is 35.5 Å². The second-order valence-electron chi connectivity index (χ2n) is 7.99. The van der Waals surface area contributed by atoms with Crippen LogP contribution in [-0.4, -0.2) is 38.2 Å². The van der Waals surface area contributed by atoms with Crippen LogP contribution in [0.2, 0.25) is 0 Å². The Morgan fingerprint density at radius 1 is 1.19 bits per heavy atom. The van der Waals surface area contributed by atoms with Crippen molar-refractivity contribution >= 4 is 28.2 Å². The van der Waals surface area contributed by atoms with Gasteiger partial charge in [-0.2, -0.15) is 0 Å². The van der Waals surface area contributed by atoms with Gasteiger partial charge < -0.3 is 19.1 Å². The fourth-order valence-electron chi connectivity index (χ4n) is 4.06. The van der Waals surface area contributed by atoms with Crippen molar-refractivity contribution in [2.24, 2.45) is 13.0 Å². The van der Waals surface area contributed by atoms with Crippen LogP contribution in [0.1, 0.15) is 30.1 Å². The number of benzene rings is 1. The van der Waals surface area contributed by atoms with Gasteiger partial charge in [0.15, 0.2) is 0 Å². The SMILES string of the molecule is CC1CCN(c2cc3c(cc2F)c(=O)c(C(=O)O)cn3-c2cn(C)cc2[N+](=O)[O-])CC1. The molecule has 0 aliphatic carbocycles. The first-order chi connectivity index (χ1) is 14.7. The molecule has 1 saturated heterocycles. The molecule has 0 saturated carbocycles. The standard InChI is InChI=1S/C21H21FN4O5/c1-12-3-5-24(6-4-12)17-8-16-13(7-15(17)22)20(27)14(21(28)29)9-25(16)18-10-23(2)11-19(18)26(30)31/h7-12H,3-6H2,1-2H3,(H,28,29). The van der Waals surface area contributed by atoms with E-state index in [1.807, 2.05) is 4.90 Å². The fourth-order valence-corrected chi connectivity index (χ4v) is 4.06. The molecule has 2 aromatic heterocycles. The Morgan fingerprint density at radius 3 is 2.48 bits per heavy atom. The predicted molar refractivity (Wildman–Crippen MR) is 113 cm³/mol. The molecular formula is C21H21FN4O5. The molecule has 10 heteroatoms. The van der Waals surface area contributed by atoms with Gasteiger partial charge in [-0.05, 0) is 30.9 Å². The normalized spacial score (nSPS) is 14.9. The van der Waals surface area contributed by atoms with Crippen LogP contribution in [0.4, 0.5) is 15.8 Å². The third-order valence-electron chi connectivity index (χ3n) is 5.80. The average Bonchev–Trinajstić information content (AvgIpc) is 3.10. The Labute approximate surface area is 176 Å². The number of hydrogen-bond acceptors (Lipinski definition) is 5. The van der Waals surface area contributed by atoms with E-state index < -0.39 is 27.7 Å². The number of carbonyl (C=O) groups is 1. The van der Waals surface area contributed by atoms with Crippen LogP contribution in [0.5, 0.6) is 0 Å². The molecule has 0 atom stereocenters. The van der Waals surface area contributed by atoms with Crippen LogP contribution < -0.4 is 10.3 Å². The summed E-state index contributed by atoms with van der Waals surface area (Å²) in [5.41, 5.74) is -1.11. The molecule has 3 heterocycles. The molecule has 1 fully saturated rings. The first kappa shape index (κ1) is 20.6. The smallest absolute Gasteiger partial charge is 0.341 e. The summed E-state index contributed by atoms with van der Waals surface area (Å²) in [6.45, 7) is 3.42. The van der Waals surface area contributed by atoms with Gasteiger partial charge in [-0.25, -0.2) is 9.18 Å². The number of fused-ring (bicyclic) bond motifs is 1. The monoisotopic (exact) mass is 428 g/mol. The minimum absolute atomic E-state index is 0.0878. The first-order valence-corrected chi connectivity index (χ1v) is 9.85. The van der Waals surface area contributed by atoms with Crippen LogP contribution in [0.25, 0.3) is 16.6 Å². The number of aromatic carboxylic acids is 1. The van der Waals surface area contributed by atoms with Gasteiger partial charge in [-0.15, -0.1) is 0 Å². The number of anilines is 1. The van der Waals surface area contributed by atoms with Crippen molar-refractivity contribution in [3.8, 4) is 5.69 Å². The second kappa shape index (κ2) is 7.53. The van der Waals surface area contributed by atoms with Gasteiger partial charge >= 0.3 is 11.7 Å². The van der Waals surface area contributed by atoms with Crippen LogP contribution in [-0.2, 0) is 7.05 Å². The molecule has 0 bridgehead atoms. The van der Waals surface area contributed by atoms with E-state index in [0.29, 0.717) is 19.0 Å². The number of nitro groups is 1. The zero-order valence-electron chi connectivity index (χ0n) is 17.0. The summed E-state index contributed by atoms with van der Waals surface area (Å²) in [7, 11) is 1.60. The molecule has 0 spiro atoms. The Morgan fingerprint density at radius 2 is 1.87 bits per heavy atom. The van der Waals surface area contributed by atoms with E-state index in [0.717, 1.165) is 25.1 Å². The van der Waals surface area contributed by atoms with Gasteiger partial charge in [0, 0.05) is 37.9 Å². The zero-order chi connectivity index (χ0) is 22.4. The van der Waals surface area contributed by atoms with Gasteiger partial charge in [-0.3, -0.25) is 14.9 Å². The van der Waals surface area contributed by atoms with Gasteiger partial charge in [0.25, 0.3) is 0 Å². The molecule has 1 aliphatic rings. The second-order valence-corrected chi connectivity index (χ2v) is 7.99. The first-order valence-electron chi connectivity index (χ1n) is 9.85. The van der Waals surface area contributed by atoms with Crippen molar-refractivity contribution in [3.05, 3.63) is 62.4 Å². The average molecular weight is 428 g/mol. The molecule has 162 valence electrons. The molecule has 0 amide bonds. The molecular weight excluding hydrogens is 407 g/mol. The molecule has 1 N–H and O–H groups in total. The van der Waals surface area contributed by atoms with E-state index in [1.165, 1.54) is 27.6 Å². The van der Waals surface area contributed by atoms with Crippen molar-refractivity contribution in [3.63, 3.8) is 0 Å². The van der Waals surface area contributed by atoms with Crippen molar-refractivity contribution in [1.29, 1.82) is 0 Å². The highest BCUT2D eigenvalue weighted by Crippen LogP contribution is 2.32. The lowest BCUT2D eigenvalue weighted by Gasteiger charge is -2.32. The summed E-state index contributed by atoms with van der Waals surface area (Å²) in [5, 5.41) is 20.9. The Hall–Kier alpha value is -3.69. The molecule has 1 aromatic carbocycles. The summed E-state index contributed by atoms with van der Waals surface area (Å²) in [4.78, 5) is 37.3. The van der Waals surface area contributed by atoms with Gasteiger partial charge in [0.05, 0.1) is 22.3 Å². The van der Waals surface area contributed by atoms with Crippen molar-refractivity contribution in [2.45, 2.75) is 19.8 Å². The van der Waals surface area contributed by atoms with Crippen molar-refractivity contribution in [1.82, 2.24) is 9.13 Å². The third-order valence-corrected chi connectivity index (χ3v) is 5.80. The Bertz CT molecular complexity index is 1270. The number of nitrogens with zero attached hydrogens (tertiary/aromatic N) is 4. The van der Waals surface area contributed by atoms with Crippen LogP contribution in [0.3, 0.4) is 0 Å². The fraction of sp³-hybridized carbons (Fsp3) is 0.333. The minimum atomic E-state index is -1.49. The molecule has 9 nitrogen and oxygen atoms in total. The van der Waals surface area contributed by atoms with Crippen LogP contribution >= 0.6 is 0 Å². The van der Waals surface area contributed by atoms with Gasteiger partial charge in [0.2, 0.25) is 5.43 Å². The molecule has 0 radical (unpaired) electrons. The number of carboxylic acid groups (broad SMARTS) is 1. The summed E-state index contributed by atoms with van der Waals surface area (Å²) >= 11 is 0. The molecule has 1 aliphatic heterocycles. The zero-order valence-corrected chi connectivity index (χ0v) is 17.0. The summed E-state index contributed by atoms with van der Waals surface area (Å²) in [6, 6.07) is 2.51.